The third kappa shape index (κ3) is 2.31. The molecule has 1 aromatic carbocycles. The van der Waals surface area contributed by atoms with Crippen LogP contribution in [-0.2, 0) is 13.0 Å². The van der Waals surface area contributed by atoms with Crippen molar-refractivity contribution in [2.75, 3.05) is 7.05 Å². The molecule has 0 unspecified atom stereocenters. The van der Waals surface area contributed by atoms with Gasteiger partial charge in [0.2, 0.25) is 0 Å². The molecule has 84 valence electrons. The highest BCUT2D eigenvalue weighted by Crippen LogP contribution is 2.20. The molecule has 0 bridgehead atoms. The molecule has 1 heterocycles. The molecule has 1 N–H and O–H groups in total. The van der Waals surface area contributed by atoms with Gasteiger partial charge in [-0.1, -0.05) is 36.3 Å². The molecule has 0 aliphatic rings. The van der Waals surface area contributed by atoms with Gasteiger partial charge in [0, 0.05) is 18.2 Å². The average molecular weight is 216 g/mol. The lowest BCUT2D eigenvalue weighted by Gasteiger charge is -1.97. The molecule has 2 rings (SSSR count). The van der Waals surface area contributed by atoms with E-state index in [0.29, 0.717) is 0 Å². The van der Waals surface area contributed by atoms with Gasteiger partial charge in [0.15, 0.2) is 5.76 Å². The fourth-order valence-electron chi connectivity index (χ4n) is 1.62. The van der Waals surface area contributed by atoms with Crippen molar-refractivity contribution < 1.29 is 4.52 Å². The van der Waals surface area contributed by atoms with Gasteiger partial charge in [0.05, 0.1) is 5.69 Å². The van der Waals surface area contributed by atoms with Crippen LogP contribution in [0.25, 0.3) is 11.3 Å². The van der Waals surface area contributed by atoms with Crippen LogP contribution in [-0.4, -0.2) is 12.2 Å². The second kappa shape index (κ2) is 4.94. The minimum Gasteiger partial charge on any atom is -0.356 e. The van der Waals surface area contributed by atoms with Crippen LogP contribution in [0.3, 0.4) is 0 Å². The highest BCUT2D eigenvalue weighted by atomic mass is 16.5. The van der Waals surface area contributed by atoms with E-state index < -0.39 is 0 Å². The Balaban J connectivity index is 2.21. The lowest BCUT2D eigenvalue weighted by atomic mass is 10.1. The fourth-order valence-corrected chi connectivity index (χ4v) is 1.62. The maximum Gasteiger partial charge on any atom is 0.167 e. The van der Waals surface area contributed by atoms with Crippen LogP contribution in [0.2, 0.25) is 0 Å². The van der Waals surface area contributed by atoms with E-state index in [1.54, 1.807) is 0 Å². The summed E-state index contributed by atoms with van der Waals surface area (Å²) in [6.45, 7) is 2.88. The summed E-state index contributed by atoms with van der Waals surface area (Å²) in [5.41, 5.74) is 3.34. The van der Waals surface area contributed by atoms with Crippen LogP contribution in [0.15, 0.2) is 34.9 Å². The van der Waals surface area contributed by atoms with Crippen molar-refractivity contribution in [3.05, 3.63) is 41.6 Å². The number of hydrogen-bond acceptors (Lipinski definition) is 3. The minimum absolute atomic E-state index is 0.733. The molecule has 0 saturated heterocycles. The Morgan fingerprint density at radius 1 is 1.25 bits per heavy atom. The fraction of sp³-hybridized carbons (Fsp3) is 0.308. The Hall–Kier alpha value is -1.61. The van der Waals surface area contributed by atoms with E-state index >= 15 is 0 Å². The second-order valence-corrected chi connectivity index (χ2v) is 3.76. The minimum atomic E-state index is 0.733. The Morgan fingerprint density at radius 2 is 2.00 bits per heavy atom. The normalized spacial score (nSPS) is 10.6. The number of benzene rings is 1. The second-order valence-electron chi connectivity index (χ2n) is 3.76. The molecule has 3 nitrogen and oxygen atoms in total. The van der Waals surface area contributed by atoms with Gasteiger partial charge in [0.25, 0.3) is 0 Å². The number of hydrogen-bond donors (Lipinski definition) is 1. The molecule has 1 aromatic heterocycles. The van der Waals surface area contributed by atoms with Crippen molar-refractivity contribution >= 4 is 0 Å². The van der Waals surface area contributed by atoms with Crippen molar-refractivity contribution in [3.63, 3.8) is 0 Å². The standard InChI is InChI=1S/C13H16N2O/c1-3-10-4-6-11(7-5-10)13-8-12(9-14-2)15-16-13/h4-8,14H,3,9H2,1-2H3. The summed E-state index contributed by atoms with van der Waals surface area (Å²) in [5, 5.41) is 7.03. The first-order valence-electron chi connectivity index (χ1n) is 5.53. The Morgan fingerprint density at radius 3 is 2.62 bits per heavy atom. The third-order valence-electron chi connectivity index (χ3n) is 2.56. The van der Waals surface area contributed by atoms with E-state index in [-0.39, 0.29) is 0 Å². The molecule has 16 heavy (non-hydrogen) atoms. The number of aromatic nitrogens is 1. The van der Waals surface area contributed by atoms with Crippen LogP contribution in [0, 0.1) is 0 Å². The van der Waals surface area contributed by atoms with Gasteiger partial charge in [-0.25, -0.2) is 0 Å². The largest absolute Gasteiger partial charge is 0.356 e. The van der Waals surface area contributed by atoms with Gasteiger partial charge in [-0.05, 0) is 19.0 Å². The van der Waals surface area contributed by atoms with Crippen molar-refractivity contribution in [3.8, 4) is 11.3 Å². The SMILES string of the molecule is CCc1ccc(-c2cc(CNC)no2)cc1. The predicted molar refractivity (Wildman–Crippen MR) is 64.1 cm³/mol. The van der Waals surface area contributed by atoms with Crippen molar-refractivity contribution in [2.45, 2.75) is 19.9 Å². The van der Waals surface area contributed by atoms with Crippen LogP contribution in [0.4, 0.5) is 0 Å². The lowest BCUT2D eigenvalue weighted by Crippen LogP contribution is -2.04. The smallest absolute Gasteiger partial charge is 0.167 e. The molecule has 2 aromatic rings. The molecule has 0 amide bonds. The summed E-state index contributed by atoms with van der Waals surface area (Å²) in [7, 11) is 1.89. The number of rotatable bonds is 4. The van der Waals surface area contributed by atoms with E-state index in [0.717, 1.165) is 30.0 Å². The van der Waals surface area contributed by atoms with Crippen molar-refractivity contribution in [1.82, 2.24) is 10.5 Å². The molecular weight excluding hydrogens is 200 g/mol. The van der Waals surface area contributed by atoms with Gasteiger partial charge in [-0.15, -0.1) is 0 Å². The number of aryl methyl sites for hydroxylation is 1. The first kappa shape index (κ1) is 10.9. The average Bonchev–Trinajstić information content (AvgIpc) is 2.78. The molecule has 0 atom stereocenters. The van der Waals surface area contributed by atoms with E-state index in [2.05, 4.69) is 41.7 Å². The van der Waals surface area contributed by atoms with Gasteiger partial charge in [-0.2, -0.15) is 0 Å². The van der Waals surface area contributed by atoms with Gasteiger partial charge in [-0.3, -0.25) is 0 Å². The zero-order valence-corrected chi connectivity index (χ0v) is 9.66. The van der Waals surface area contributed by atoms with E-state index in [1.807, 2.05) is 13.1 Å². The molecule has 3 heteroatoms. The Labute approximate surface area is 95.5 Å². The molecule has 0 radical (unpaired) electrons. The molecule has 0 fully saturated rings. The van der Waals surface area contributed by atoms with Crippen LogP contribution >= 0.6 is 0 Å². The monoisotopic (exact) mass is 216 g/mol. The molecular formula is C13H16N2O. The van der Waals surface area contributed by atoms with Crippen molar-refractivity contribution in [1.29, 1.82) is 0 Å². The molecule has 0 spiro atoms. The summed E-state index contributed by atoms with van der Waals surface area (Å²) in [4.78, 5) is 0. The predicted octanol–water partition coefficient (Wildman–Crippen LogP) is 2.62. The molecule has 0 aliphatic heterocycles. The van der Waals surface area contributed by atoms with Gasteiger partial charge >= 0.3 is 0 Å². The third-order valence-corrected chi connectivity index (χ3v) is 2.56. The first-order valence-corrected chi connectivity index (χ1v) is 5.53. The summed E-state index contributed by atoms with van der Waals surface area (Å²) < 4.78 is 5.29. The summed E-state index contributed by atoms with van der Waals surface area (Å²) in [6, 6.07) is 10.4. The van der Waals surface area contributed by atoms with Crippen LogP contribution in [0.1, 0.15) is 18.2 Å². The lowest BCUT2D eigenvalue weighted by molar-refractivity contribution is 0.421. The maximum atomic E-state index is 5.29. The zero-order valence-electron chi connectivity index (χ0n) is 9.66. The Kier molecular flexibility index (Phi) is 3.37. The molecule has 0 aliphatic carbocycles. The maximum absolute atomic E-state index is 5.29. The van der Waals surface area contributed by atoms with E-state index in [9.17, 15) is 0 Å². The topological polar surface area (TPSA) is 38.1 Å². The molecule has 0 saturated carbocycles. The van der Waals surface area contributed by atoms with Crippen LogP contribution in [0.5, 0.6) is 0 Å². The number of nitrogens with one attached hydrogen (secondary N) is 1. The highest BCUT2D eigenvalue weighted by Gasteiger charge is 2.05. The number of nitrogens with zero attached hydrogens (tertiary/aromatic N) is 1. The summed E-state index contributed by atoms with van der Waals surface area (Å²) in [5.74, 6) is 0.827. The summed E-state index contributed by atoms with van der Waals surface area (Å²) >= 11 is 0. The summed E-state index contributed by atoms with van der Waals surface area (Å²) in [6.07, 6.45) is 1.06. The highest BCUT2D eigenvalue weighted by molar-refractivity contribution is 5.57. The van der Waals surface area contributed by atoms with Crippen LogP contribution < -0.4 is 5.32 Å². The van der Waals surface area contributed by atoms with E-state index in [4.69, 9.17) is 4.52 Å². The zero-order chi connectivity index (χ0) is 11.4. The van der Waals surface area contributed by atoms with Crippen molar-refractivity contribution in [2.24, 2.45) is 0 Å². The Bertz CT molecular complexity index is 445. The quantitative estimate of drug-likeness (QED) is 0.853. The first-order chi connectivity index (χ1) is 7.83. The van der Waals surface area contributed by atoms with Gasteiger partial charge < -0.3 is 9.84 Å². The van der Waals surface area contributed by atoms with E-state index in [1.165, 1.54) is 5.56 Å². The van der Waals surface area contributed by atoms with Gasteiger partial charge in [0.1, 0.15) is 0 Å².